The molecule has 1 heterocycles. The van der Waals surface area contributed by atoms with Crippen LogP contribution in [-0.4, -0.2) is 49.0 Å². The first kappa shape index (κ1) is 20.5. The Balaban J connectivity index is 2.11. The number of nitrogens with one attached hydrogen (secondary N) is 2. The van der Waals surface area contributed by atoms with Gasteiger partial charge < -0.3 is 20.1 Å². The predicted octanol–water partition coefficient (Wildman–Crippen LogP) is 2.53. The number of ether oxygens (including phenoxy) is 2. The molecule has 0 atom stereocenters. The minimum atomic E-state index is -0.904. The van der Waals surface area contributed by atoms with Crippen LogP contribution in [0.5, 0.6) is 11.5 Å². The summed E-state index contributed by atoms with van der Waals surface area (Å²) in [6.45, 7) is 3.57. The Morgan fingerprint density at radius 3 is 2.37 bits per heavy atom. The highest BCUT2D eigenvalue weighted by Crippen LogP contribution is 2.30. The molecule has 1 aromatic carbocycles. The summed E-state index contributed by atoms with van der Waals surface area (Å²) in [4.78, 5) is 38.6. The first-order valence-corrected chi connectivity index (χ1v) is 9.06. The number of carbonyl (C=O) groups excluding carboxylic acids is 3. The number of nitrogens with zero attached hydrogens (tertiary/aromatic N) is 1. The maximum Gasteiger partial charge on any atom is 0.325 e. The molecular formula is C19H27N3O5. The van der Waals surface area contributed by atoms with Gasteiger partial charge in [0.05, 0.1) is 19.9 Å². The molecule has 2 N–H and O–H groups in total. The van der Waals surface area contributed by atoms with Crippen LogP contribution in [0.1, 0.15) is 39.5 Å². The number of imide groups is 1. The van der Waals surface area contributed by atoms with E-state index in [1.807, 2.05) is 13.8 Å². The van der Waals surface area contributed by atoms with Gasteiger partial charge in [-0.1, -0.05) is 26.7 Å². The van der Waals surface area contributed by atoms with Crippen LogP contribution in [0.2, 0.25) is 0 Å². The van der Waals surface area contributed by atoms with Gasteiger partial charge in [-0.15, -0.1) is 0 Å². The fraction of sp³-hybridized carbons (Fsp3) is 0.526. The van der Waals surface area contributed by atoms with Gasteiger partial charge in [0.2, 0.25) is 5.91 Å². The molecule has 4 amide bonds. The highest BCUT2D eigenvalue weighted by Gasteiger charge is 2.50. The summed E-state index contributed by atoms with van der Waals surface area (Å²) >= 11 is 0. The molecule has 0 spiro atoms. The van der Waals surface area contributed by atoms with Crippen molar-refractivity contribution >= 4 is 23.5 Å². The summed E-state index contributed by atoms with van der Waals surface area (Å²) in [6.07, 6.45) is 2.62. The van der Waals surface area contributed by atoms with E-state index in [-0.39, 0.29) is 12.5 Å². The zero-order valence-corrected chi connectivity index (χ0v) is 16.3. The third kappa shape index (κ3) is 4.32. The topological polar surface area (TPSA) is 97.0 Å². The van der Waals surface area contributed by atoms with Crippen molar-refractivity contribution in [3.8, 4) is 11.5 Å². The van der Waals surface area contributed by atoms with Gasteiger partial charge in [0.25, 0.3) is 5.91 Å². The number of rotatable bonds is 9. The molecule has 1 fully saturated rings. The normalized spacial score (nSPS) is 15.5. The Hall–Kier alpha value is -2.77. The fourth-order valence-corrected chi connectivity index (χ4v) is 3.37. The van der Waals surface area contributed by atoms with Crippen LogP contribution in [-0.2, 0) is 9.59 Å². The second kappa shape index (κ2) is 8.75. The molecule has 0 saturated carbocycles. The number of carbonyl (C=O) groups is 3. The van der Waals surface area contributed by atoms with Crippen molar-refractivity contribution in [2.24, 2.45) is 0 Å². The van der Waals surface area contributed by atoms with Gasteiger partial charge in [-0.05, 0) is 25.0 Å². The highest BCUT2D eigenvalue weighted by molar-refractivity contribution is 6.10. The molecule has 1 aromatic rings. The minimum Gasteiger partial charge on any atom is -0.497 e. The summed E-state index contributed by atoms with van der Waals surface area (Å²) in [5.74, 6) is 0.188. The molecule has 1 saturated heterocycles. The van der Waals surface area contributed by atoms with E-state index in [4.69, 9.17) is 9.47 Å². The van der Waals surface area contributed by atoms with E-state index in [1.54, 1.807) is 18.2 Å². The van der Waals surface area contributed by atoms with Crippen molar-refractivity contribution in [2.75, 3.05) is 26.1 Å². The number of hydrogen-bond acceptors (Lipinski definition) is 5. The summed E-state index contributed by atoms with van der Waals surface area (Å²) in [5, 5.41) is 5.47. The van der Waals surface area contributed by atoms with E-state index >= 15 is 0 Å². The van der Waals surface area contributed by atoms with Gasteiger partial charge in [-0.3, -0.25) is 14.5 Å². The van der Waals surface area contributed by atoms with Crippen LogP contribution < -0.4 is 20.1 Å². The first-order valence-electron chi connectivity index (χ1n) is 9.06. The maximum absolute atomic E-state index is 12.8. The Labute approximate surface area is 159 Å². The molecule has 8 heteroatoms. The zero-order valence-electron chi connectivity index (χ0n) is 16.3. The van der Waals surface area contributed by atoms with Gasteiger partial charge in [-0.2, -0.15) is 0 Å². The lowest BCUT2D eigenvalue weighted by Crippen LogP contribution is -2.47. The first-order chi connectivity index (χ1) is 12.9. The molecule has 2 rings (SSSR count). The molecule has 0 aliphatic carbocycles. The lowest BCUT2D eigenvalue weighted by molar-refractivity contribution is -0.134. The van der Waals surface area contributed by atoms with E-state index < -0.39 is 17.5 Å². The summed E-state index contributed by atoms with van der Waals surface area (Å²) in [6, 6.07) is 4.43. The Morgan fingerprint density at radius 1 is 1.15 bits per heavy atom. The molecule has 0 unspecified atom stereocenters. The van der Waals surface area contributed by atoms with Gasteiger partial charge in [-0.25, -0.2) is 4.79 Å². The number of anilines is 1. The average Bonchev–Trinajstić information content (AvgIpc) is 2.87. The summed E-state index contributed by atoms with van der Waals surface area (Å²) in [5.41, 5.74) is -0.470. The lowest BCUT2D eigenvalue weighted by atomic mass is 9.88. The number of amides is 4. The average molecular weight is 377 g/mol. The monoisotopic (exact) mass is 377 g/mol. The van der Waals surface area contributed by atoms with Crippen molar-refractivity contribution in [1.82, 2.24) is 10.2 Å². The third-order valence-corrected chi connectivity index (χ3v) is 4.58. The molecule has 148 valence electrons. The Morgan fingerprint density at radius 2 is 1.81 bits per heavy atom. The molecule has 1 aliphatic rings. The van der Waals surface area contributed by atoms with Crippen molar-refractivity contribution in [2.45, 2.75) is 45.1 Å². The molecule has 8 nitrogen and oxygen atoms in total. The Bertz CT molecular complexity index is 713. The molecule has 0 aromatic heterocycles. The van der Waals surface area contributed by atoms with Gasteiger partial charge >= 0.3 is 6.03 Å². The molecular weight excluding hydrogens is 350 g/mol. The van der Waals surface area contributed by atoms with E-state index in [2.05, 4.69) is 10.6 Å². The Kier molecular flexibility index (Phi) is 6.65. The van der Waals surface area contributed by atoms with Crippen LogP contribution in [0.4, 0.5) is 10.5 Å². The van der Waals surface area contributed by atoms with Crippen molar-refractivity contribution in [3.63, 3.8) is 0 Å². The van der Waals surface area contributed by atoms with Crippen LogP contribution in [0.15, 0.2) is 18.2 Å². The summed E-state index contributed by atoms with van der Waals surface area (Å²) < 4.78 is 10.4. The molecule has 0 radical (unpaired) electrons. The van der Waals surface area contributed by atoms with Crippen molar-refractivity contribution in [1.29, 1.82) is 0 Å². The van der Waals surface area contributed by atoms with Crippen molar-refractivity contribution < 1.29 is 23.9 Å². The van der Waals surface area contributed by atoms with Crippen LogP contribution >= 0.6 is 0 Å². The van der Waals surface area contributed by atoms with E-state index in [0.29, 0.717) is 30.0 Å². The van der Waals surface area contributed by atoms with Crippen molar-refractivity contribution in [3.05, 3.63) is 18.2 Å². The number of hydrogen-bond donors (Lipinski definition) is 2. The van der Waals surface area contributed by atoms with Crippen LogP contribution in [0, 0.1) is 0 Å². The summed E-state index contributed by atoms with van der Waals surface area (Å²) in [7, 11) is 3.01. The smallest absolute Gasteiger partial charge is 0.325 e. The van der Waals surface area contributed by atoms with Crippen LogP contribution in [0.25, 0.3) is 0 Å². The number of urea groups is 1. The number of methoxy groups -OCH3 is 2. The van der Waals surface area contributed by atoms with E-state index in [1.165, 1.54) is 14.2 Å². The van der Waals surface area contributed by atoms with Gasteiger partial charge in [0.15, 0.2) is 0 Å². The molecule has 27 heavy (non-hydrogen) atoms. The van der Waals surface area contributed by atoms with Gasteiger partial charge in [0.1, 0.15) is 23.6 Å². The SMILES string of the molecule is CCCC1(CCC)NC(=O)N(CC(=O)Nc2ccc(OC)cc2OC)C1=O. The second-order valence-electron chi connectivity index (χ2n) is 6.52. The molecule has 1 aliphatic heterocycles. The van der Waals surface area contributed by atoms with E-state index in [9.17, 15) is 14.4 Å². The van der Waals surface area contributed by atoms with Gasteiger partial charge in [0, 0.05) is 6.07 Å². The standard InChI is InChI=1S/C19H27N3O5/c1-5-9-19(10-6-2)17(24)22(18(25)21-19)12-16(23)20-14-8-7-13(26-3)11-15(14)27-4/h7-8,11H,5-6,9-10,12H2,1-4H3,(H,20,23)(H,21,25). The maximum atomic E-state index is 12.8. The second-order valence-corrected chi connectivity index (χ2v) is 6.52. The minimum absolute atomic E-state index is 0.340. The van der Waals surface area contributed by atoms with Crippen LogP contribution in [0.3, 0.4) is 0 Å². The lowest BCUT2D eigenvalue weighted by Gasteiger charge is -2.25. The quantitative estimate of drug-likeness (QED) is 0.645. The molecule has 0 bridgehead atoms. The number of benzene rings is 1. The highest BCUT2D eigenvalue weighted by atomic mass is 16.5. The zero-order chi connectivity index (χ0) is 20.0. The third-order valence-electron chi connectivity index (χ3n) is 4.58. The predicted molar refractivity (Wildman–Crippen MR) is 101 cm³/mol. The fourth-order valence-electron chi connectivity index (χ4n) is 3.37. The largest absolute Gasteiger partial charge is 0.497 e. The van der Waals surface area contributed by atoms with E-state index in [0.717, 1.165) is 17.7 Å².